The van der Waals surface area contributed by atoms with Crippen molar-refractivity contribution in [1.82, 2.24) is 0 Å². The zero-order chi connectivity index (χ0) is 23.9. The van der Waals surface area contributed by atoms with E-state index in [0.717, 1.165) is 22.7 Å². The lowest BCUT2D eigenvalue weighted by molar-refractivity contribution is 0.140. The Morgan fingerprint density at radius 3 is 0.969 bits per heavy atom. The molecule has 0 bridgehead atoms. The number of rotatable bonds is 8. The molecule has 3 rings (SSSR count). The van der Waals surface area contributed by atoms with Gasteiger partial charge >= 0.3 is 17.4 Å². The molecule has 0 atom stereocenters. The summed E-state index contributed by atoms with van der Waals surface area (Å²) in [5, 5.41) is 10.2. The second-order valence-corrected chi connectivity index (χ2v) is 12.4. The van der Waals surface area contributed by atoms with Crippen molar-refractivity contribution in [2.24, 2.45) is 0 Å². The molecule has 0 aromatic heterocycles. The quantitative estimate of drug-likeness (QED) is 0.503. The summed E-state index contributed by atoms with van der Waals surface area (Å²) in [5.74, 6) is 0. The first kappa shape index (κ1) is 27.9. The van der Waals surface area contributed by atoms with Gasteiger partial charge in [-0.15, -0.1) is 0 Å². The highest BCUT2D eigenvalue weighted by Crippen LogP contribution is 2.07. The molecular formula is C24H34O6Si2. The zero-order valence-electron chi connectivity index (χ0n) is 19.6. The summed E-state index contributed by atoms with van der Waals surface area (Å²) in [5.41, 5.74) is 0. The van der Waals surface area contributed by atoms with E-state index in [1.165, 1.54) is 0 Å². The fraction of sp³-hybridized carbons (Fsp3) is 0.250. The van der Waals surface area contributed by atoms with Gasteiger partial charge in [-0.2, -0.15) is 0 Å². The van der Waals surface area contributed by atoms with E-state index in [-0.39, 0.29) is 0 Å². The van der Waals surface area contributed by atoms with E-state index in [9.17, 15) is 0 Å². The van der Waals surface area contributed by atoms with Crippen LogP contribution in [0.4, 0.5) is 0 Å². The molecule has 0 aliphatic heterocycles. The van der Waals surface area contributed by atoms with Gasteiger partial charge in [0, 0.05) is 47.8 Å². The molecule has 0 spiro atoms. The topological polar surface area (TPSA) is 66.4 Å². The smallest absolute Gasteiger partial charge is 0.400 e. The average Bonchev–Trinajstić information content (AvgIpc) is 2.90. The minimum absolute atomic E-state index is 0.975. The first-order valence-electron chi connectivity index (χ1n) is 9.99. The van der Waals surface area contributed by atoms with Crippen LogP contribution in [-0.4, -0.2) is 65.1 Å². The third-order valence-electron chi connectivity index (χ3n) is 4.82. The maximum atomic E-state index is 7.00. The zero-order valence-corrected chi connectivity index (χ0v) is 21.6. The van der Waals surface area contributed by atoms with Gasteiger partial charge in [0.2, 0.25) is 0 Å². The van der Waals surface area contributed by atoms with Crippen LogP contribution in [0.15, 0.2) is 91.0 Å². The SMILES string of the molecule is CO.CO[Si](OC)(OC)c1ccccc1.CO[Si](OC)(c1ccccc1)c1ccccc1. The summed E-state index contributed by atoms with van der Waals surface area (Å²) in [6.45, 7) is 0. The van der Waals surface area contributed by atoms with Crippen LogP contribution >= 0.6 is 0 Å². The highest BCUT2D eigenvalue weighted by atomic mass is 28.4. The van der Waals surface area contributed by atoms with Crippen molar-refractivity contribution in [3.05, 3.63) is 91.0 Å². The predicted molar refractivity (Wildman–Crippen MR) is 133 cm³/mol. The largest absolute Gasteiger partial charge is 0.536 e. The Bertz CT molecular complexity index is 792. The number of aliphatic hydroxyl groups excluding tert-OH is 1. The van der Waals surface area contributed by atoms with Crippen LogP contribution < -0.4 is 15.6 Å². The molecule has 3 aromatic rings. The van der Waals surface area contributed by atoms with Gasteiger partial charge in [-0.3, -0.25) is 0 Å². The van der Waals surface area contributed by atoms with Gasteiger partial charge in [0.15, 0.2) is 0 Å². The van der Waals surface area contributed by atoms with Crippen molar-refractivity contribution in [2.75, 3.05) is 42.7 Å². The standard InChI is InChI=1S/C14H16O2Si.C9H14O3Si.CH4O/c1-15-17(16-2,13-9-5-3-6-10-13)14-11-7-4-8-12-14;1-10-13(11-2,12-3)9-7-5-4-6-8-9;1-2/h3-12H,1-2H3;4-8H,1-3H3;2H,1H3. The van der Waals surface area contributed by atoms with Crippen molar-refractivity contribution in [1.29, 1.82) is 0 Å². The fourth-order valence-corrected chi connectivity index (χ4v) is 7.80. The van der Waals surface area contributed by atoms with Gasteiger partial charge in [-0.05, 0) is 10.4 Å². The molecule has 0 saturated heterocycles. The predicted octanol–water partition coefficient (Wildman–Crippen LogP) is 1.92. The Hall–Kier alpha value is -2.15. The monoisotopic (exact) mass is 474 g/mol. The molecule has 0 radical (unpaired) electrons. The summed E-state index contributed by atoms with van der Waals surface area (Å²) in [6.07, 6.45) is 0. The van der Waals surface area contributed by atoms with E-state index in [4.69, 9.17) is 27.2 Å². The van der Waals surface area contributed by atoms with Crippen LogP contribution in [0.5, 0.6) is 0 Å². The Balaban J connectivity index is 0.000000307. The molecular weight excluding hydrogens is 440 g/mol. The van der Waals surface area contributed by atoms with Gasteiger partial charge in [0.25, 0.3) is 0 Å². The maximum Gasteiger partial charge on any atom is 0.536 e. The lowest BCUT2D eigenvalue weighted by Gasteiger charge is -2.27. The van der Waals surface area contributed by atoms with Gasteiger partial charge in [0.05, 0.1) is 0 Å². The molecule has 0 fully saturated rings. The Morgan fingerprint density at radius 1 is 0.438 bits per heavy atom. The maximum absolute atomic E-state index is 7.00. The second kappa shape index (κ2) is 14.8. The number of benzene rings is 3. The summed E-state index contributed by atoms with van der Waals surface area (Å²) in [4.78, 5) is 0. The van der Waals surface area contributed by atoms with Crippen LogP contribution in [0.1, 0.15) is 0 Å². The second-order valence-electron chi connectivity index (χ2n) is 6.29. The van der Waals surface area contributed by atoms with E-state index in [1.54, 1.807) is 35.5 Å². The molecule has 1 N–H and O–H groups in total. The Morgan fingerprint density at radius 2 is 0.719 bits per heavy atom. The van der Waals surface area contributed by atoms with Gasteiger partial charge in [0.1, 0.15) is 0 Å². The van der Waals surface area contributed by atoms with Crippen LogP contribution in [0.25, 0.3) is 0 Å². The number of aliphatic hydroxyl groups is 1. The van der Waals surface area contributed by atoms with Crippen molar-refractivity contribution >= 4 is 32.9 Å². The average molecular weight is 475 g/mol. The normalized spacial score (nSPS) is 11.0. The van der Waals surface area contributed by atoms with Crippen LogP contribution in [-0.2, 0) is 22.1 Å². The van der Waals surface area contributed by atoms with Crippen LogP contribution in [0.2, 0.25) is 0 Å². The minimum atomic E-state index is -2.59. The van der Waals surface area contributed by atoms with Crippen molar-refractivity contribution in [2.45, 2.75) is 0 Å². The Labute approximate surface area is 193 Å². The third-order valence-corrected chi connectivity index (χ3v) is 10.8. The fourth-order valence-electron chi connectivity index (χ4n) is 3.28. The molecule has 3 aromatic carbocycles. The molecule has 174 valence electrons. The van der Waals surface area contributed by atoms with Crippen molar-refractivity contribution in [3.63, 3.8) is 0 Å². The van der Waals surface area contributed by atoms with E-state index < -0.39 is 17.4 Å². The molecule has 0 heterocycles. The van der Waals surface area contributed by atoms with Gasteiger partial charge in [-0.25, -0.2) is 0 Å². The minimum Gasteiger partial charge on any atom is -0.400 e. The van der Waals surface area contributed by atoms with Gasteiger partial charge < -0.3 is 27.2 Å². The van der Waals surface area contributed by atoms with E-state index in [1.807, 2.05) is 66.7 Å². The van der Waals surface area contributed by atoms with E-state index in [0.29, 0.717) is 0 Å². The summed E-state index contributed by atoms with van der Waals surface area (Å²) >= 11 is 0. The molecule has 8 heteroatoms. The summed E-state index contributed by atoms with van der Waals surface area (Å²) in [6, 6.07) is 30.0. The molecule has 0 saturated carbocycles. The van der Waals surface area contributed by atoms with Crippen molar-refractivity contribution < 1.29 is 27.2 Å². The van der Waals surface area contributed by atoms with Crippen molar-refractivity contribution in [3.8, 4) is 0 Å². The Kier molecular flexibility index (Phi) is 12.9. The van der Waals surface area contributed by atoms with Crippen LogP contribution in [0.3, 0.4) is 0 Å². The molecule has 0 aliphatic rings. The molecule has 0 amide bonds. The first-order chi connectivity index (χ1) is 15.6. The van der Waals surface area contributed by atoms with E-state index >= 15 is 0 Å². The molecule has 32 heavy (non-hydrogen) atoms. The molecule has 6 nitrogen and oxygen atoms in total. The molecule has 0 aliphatic carbocycles. The third kappa shape index (κ3) is 6.68. The number of hydrogen-bond acceptors (Lipinski definition) is 6. The van der Waals surface area contributed by atoms with E-state index in [2.05, 4.69) is 24.3 Å². The summed E-state index contributed by atoms with van der Waals surface area (Å²) in [7, 11) is 4.16. The lowest BCUT2D eigenvalue weighted by Crippen LogP contribution is -2.62. The van der Waals surface area contributed by atoms with Crippen LogP contribution in [0, 0.1) is 0 Å². The highest BCUT2D eigenvalue weighted by Gasteiger charge is 2.41. The van der Waals surface area contributed by atoms with Gasteiger partial charge in [-0.1, -0.05) is 91.0 Å². The first-order valence-corrected chi connectivity index (χ1v) is 13.5. The number of hydrogen-bond donors (Lipinski definition) is 1. The molecule has 0 unspecified atom stereocenters. The lowest BCUT2D eigenvalue weighted by atomic mass is 10.4. The highest BCUT2D eigenvalue weighted by molar-refractivity contribution is 6.92. The summed E-state index contributed by atoms with van der Waals surface area (Å²) < 4.78 is 27.5.